The quantitative estimate of drug-likeness (QED) is 0.779. The van der Waals surface area contributed by atoms with Gasteiger partial charge in [-0.3, -0.25) is 10.1 Å². The number of aryl methyl sites for hydroxylation is 1. The first-order valence-corrected chi connectivity index (χ1v) is 8.27. The summed E-state index contributed by atoms with van der Waals surface area (Å²) < 4.78 is 0. The number of carbonyl (C=O) groups excluding carboxylic acids is 1. The fourth-order valence-electron chi connectivity index (χ4n) is 2.37. The number of aromatic nitrogens is 1. The molecule has 1 heterocycles. The van der Waals surface area contributed by atoms with Crippen LogP contribution in [0.15, 0.2) is 54.7 Å². The van der Waals surface area contributed by atoms with Crippen molar-refractivity contribution in [2.24, 2.45) is 0 Å². The lowest BCUT2D eigenvalue weighted by atomic mass is 10.1. The average molecular weight is 333 g/mol. The van der Waals surface area contributed by atoms with E-state index in [1.807, 2.05) is 12.1 Å². The number of nitrogens with one attached hydrogen (secondary N) is 1. The summed E-state index contributed by atoms with van der Waals surface area (Å²) in [5.74, 6) is -0.261. The molecule has 1 N–H and O–H groups in total. The predicted molar refractivity (Wildman–Crippen MR) is 95.2 cm³/mol. The Morgan fingerprint density at radius 3 is 2.88 bits per heavy atom. The maximum absolute atomic E-state index is 12.2. The third-order valence-corrected chi connectivity index (χ3v) is 4.40. The number of thiazole rings is 1. The Morgan fingerprint density at radius 1 is 1.25 bits per heavy atom. The molecule has 0 aliphatic carbocycles. The van der Waals surface area contributed by atoms with Crippen LogP contribution >= 0.6 is 11.3 Å². The van der Waals surface area contributed by atoms with Crippen LogP contribution in [0.4, 0.5) is 5.13 Å². The number of amides is 1. The Kier molecular flexibility index (Phi) is 4.69. The van der Waals surface area contributed by atoms with Gasteiger partial charge >= 0.3 is 0 Å². The van der Waals surface area contributed by atoms with Gasteiger partial charge in [-0.2, -0.15) is 5.26 Å². The maximum atomic E-state index is 12.2. The number of benzene rings is 2. The zero-order valence-corrected chi connectivity index (χ0v) is 13.9. The molecule has 0 saturated heterocycles. The van der Waals surface area contributed by atoms with Crippen molar-refractivity contribution in [1.82, 2.24) is 4.98 Å². The maximum Gasteiger partial charge on any atom is 0.257 e. The van der Waals surface area contributed by atoms with E-state index >= 15 is 0 Å². The van der Waals surface area contributed by atoms with Gasteiger partial charge in [-0.25, -0.2) is 4.98 Å². The van der Waals surface area contributed by atoms with Crippen molar-refractivity contribution in [2.45, 2.75) is 13.3 Å². The molecule has 1 aromatic heterocycles. The molecular weight excluding hydrogens is 318 g/mol. The molecule has 118 valence electrons. The molecule has 3 aromatic rings. The van der Waals surface area contributed by atoms with Gasteiger partial charge in [0, 0.05) is 23.1 Å². The molecule has 0 aliphatic heterocycles. The van der Waals surface area contributed by atoms with Crippen LogP contribution in [0, 0.1) is 18.3 Å². The van der Waals surface area contributed by atoms with Gasteiger partial charge in [0.05, 0.1) is 11.6 Å². The van der Waals surface area contributed by atoms with E-state index in [0.717, 1.165) is 11.3 Å². The van der Waals surface area contributed by atoms with Crippen molar-refractivity contribution in [3.8, 4) is 6.07 Å². The minimum absolute atomic E-state index is 0.261. The van der Waals surface area contributed by atoms with Crippen molar-refractivity contribution < 1.29 is 4.79 Å². The molecule has 0 aliphatic rings. The average Bonchev–Trinajstić information content (AvgIpc) is 3.01. The monoisotopic (exact) mass is 333 g/mol. The van der Waals surface area contributed by atoms with Crippen molar-refractivity contribution in [3.63, 3.8) is 0 Å². The Labute approximate surface area is 144 Å². The van der Waals surface area contributed by atoms with E-state index in [-0.39, 0.29) is 5.91 Å². The summed E-state index contributed by atoms with van der Waals surface area (Å²) in [4.78, 5) is 17.6. The van der Waals surface area contributed by atoms with Crippen LogP contribution in [0.5, 0.6) is 0 Å². The zero-order chi connectivity index (χ0) is 16.9. The molecule has 0 spiro atoms. The normalized spacial score (nSPS) is 10.2. The Hall–Kier alpha value is -2.97. The van der Waals surface area contributed by atoms with E-state index in [4.69, 9.17) is 5.26 Å². The van der Waals surface area contributed by atoms with E-state index in [9.17, 15) is 4.79 Å². The van der Waals surface area contributed by atoms with Gasteiger partial charge in [-0.05, 0) is 30.7 Å². The van der Waals surface area contributed by atoms with Crippen molar-refractivity contribution in [1.29, 1.82) is 5.26 Å². The number of anilines is 1. The number of nitrogens with zero attached hydrogens (tertiary/aromatic N) is 2. The topological polar surface area (TPSA) is 65.8 Å². The Morgan fingerprint density at radius 2 is 2.08 bits per heavy atom. The van der Waals surface area contributed by atoms with Gasteiger partial charge in [0.2, 0.25) is 0 Å². The second kappa shape index (κ2) is 7.07. The van der Waals surface area contributed by atoms with Gasteiger partial charge in [-0.15, -0.1) is 11.3 Å². The summed E-state index contributed by atoms with van der Waals surface area (Å²) in [5, 5.41) is 12.3. The second-order valence-corrected chi connectivity index (χ2v) is 6.56. The fourth-order valence-corrected chi connectivity index (χ4v) is 3.21. The second-order valence-electron chi connectivity index (χ2n) is 5.44. The summed E-state index contributed by atoms with van der Waals surface area (Å²) in [7, 11) is 0. The van der Waals surface area contributed by atoms with Crippen LogP contribution in [-0.4, -0.2) is 10.9 Å². The third-order valence-electron chi connectivity index (χ3n) is 3.49. The molecule has 4 nitrogen and oxygen atoms in total. The molecule has 2 aromatic carbocycles. The van der Waals surface area contributed by atoms with Crippen LogP contribution in [0.25, 0.3) is 0 Å². The summed E-state index contributed by atoms with van der Waals surface area (Å²) in [5.41, 5.74) is 3.35. The van der Waals surface area contributed by atoms with Crippen molar-refractivity contribution in [3.05, 3.63) is 81.9 Å². The lowest BCUT2D eigenvalue weighted by Crippen LogP contribution is -2.11. The highest BCUT2D eigenvalue weighted by Crippen LogP contribution is 2.22. The largest absolute Gasteiger partial charge is 0.298 e. The minimum Gasteiger partial charge on any atom is -0.298 e. The first kappa shape index (κ1) is 15.9. The first-order chi connectivity index (χ1) is 11.6. The number of rotatable bonds is 4. The molecule has 0 fully saturated rings. The highest BCUT2D eigenvalue weighted by molar-refractivity contribution is 7.15. The number of hydrogen-bond acceptors (Lipinski definition) is 4. The molecule has 3 rings (SSSR count). The van der Waals surface area contributed by atoms with Crippen LogP contribution in [0.2, 0.25) is 0 Å². The molecule has 0 unspecified atom stereocenters. The molecule has 1 amide bonds. The Balaban J connectivity index is 1.69. The smallest absolute Gasteiger partial charge is 0.257 e. The Bertz CT molecular complexity index is 924. The van der Waals surface area contributed by atoms with E-state index < -0.39 is 0 Å². The lowest BCUT2D eigenvalue weighted by molar-refractivity contribution is 0.102. The number of carbonyl (C=O) groups is 1. The summed E-state index contributed by atoms with van der Waals surface area (Å²) in [6, 6.07) is 17.0. The molecule has 5 heteroatoms. The standard InChI is InChI=1S/C19H15N3OS/c1-13-4-2-5-14(8-13)10-17-12-21-19(24-17)22-18(23)16-7-3-6-15(9-16)11-20/h2-9,12H,10H2,1H3,(H,21,22,23). The highest BCUT2D eigenvalue weighted by Gasteiger charge is 2.10. The van der Waals surface area contributed by atoms with Gasteiger partial charge in [0.1, 0.15) is 0 Å². The minimum atomic E-state index is -0.261. The van der Waals surface area contributed by atoms with Gasteiger partial charge in [-0.1, -0.05) is 35.9 Å². The van der Waals surface area contributed by atoms with E-state index in [2.05, 4.69) is 35.4 Å². The van der Waals surface area contributed by atoms with Crippen molar-refractivity contribution in [2.75, 3.05) is 5.32 Å². The first-order valence-electron chi connectivity index (χ1n) is 7.46. The van der Waals surface area contributed by atoms with Gasteiger partial charge in [0.25, 0.3) is 5.91 Å². The predicted octanol–water partition coefficient (Wildman–Crippen LogP) is 4.17. The molecule has 0 bridgehead atoms. The lowest BCUT2D eigenvalue weighted by Gasteiger charge is -2.02. The SMILES string of the molecule is Cc1cccc(Cc2cnc(NC(=O)c3cccc(C#N)c3)s2)c1. The summed E-state index contributed by atoms with van der Waals surface area (Å²) in [6.07, 6.45) is 2.58. The molecular formula is C19H15N3OS. The summed E-state index contributed by atoms with van der Waals surface area (Å²) in [6.45, 7) is 2.07. The zero-order valence-electron chi connectivity index (χ0n) is 13.1. The highest BCUT2D eigenvalue weighted by atomic mass is 32.1. The summed E-state index contributed by atoms with van der Waals surface area (Å²) >= 11 is 1.46. The van der Waals surface area contributed by atoms with Gasteiger partial charge in [0.15, 0.2) is 5.13 Å². The molecule has 0 saturated carbocycles. The van der Waals surface area contributed by atoms with Crippen molar-refractivity contribution >= 4 is 22.4 Å². The van der Waals surface area contributed by atoms with Crippen LogP contribution < -0.4 is 5.32 Å². The van der Waals surface area contributed by atoms with E-state index in [1.165, 1.54) is 22.5 Å². The molecule has 0 atom stereocenters. The third kappa shape index (κ3) is 3.86. The fraction of sp³-hybridized carbons (Fsp3) is 0.105. The molecule has 0 radical (unpaired) electrons. The van der Waals surface area contributed by atoms with Crippen LogP contribution in [-0.2, 0) is 6.42 Å². The van der Waals surface area contributed by atoms with E-state index in [1.54, 1.807) is 30.5 Å². The van der Waals surface area contributed by atoms with E-state index in [0.29, 0.717) is 16.3 Å². The van der Waals surface area contributed by atoms with Gasteiger partial charge < -0.3 is 0 Å². The number of hydrogen-bond donors (Lipinski definition) is 1. The molecule has 24 heavy (non-hydrogen) atoms. The van der Waals surface area contributed by atoms with Crippen LogP contribution in [0.1, 0.15) is 31.9 Å². The number of nitriles is 1. The van der Waals surface area contributed by atoms with Crippen LogP contribution in [0.3, 0.4) is 0 Å².